The first-order valence-electron chi connectivity index (χ1n) is 24.6. The van der Waals surface area contributed by atoms with Gasteiger partial charge in [0, 0.05) is 19.3 Å². The lowest BCUT2D eigenvalue weighted by molar-refractivity contribution is -0.167. The molecule has 0 N–H and O–H groups in total. The molecule has 0 amide bonds. The van der Waals surface area contributed by atoms with Crippen molar-refractivity contribution in [2.45, 2.75) is 252 Å². The zero-order chi connectivity index (χ0) is 42.3. The SMILES string of the molecule is CC/C=C\C/C=C\C/C=C\C/C=C\CCCCCCCCC(=O)OCC(COC(=O)CCCCCCCC)OC(=O)CCCCCCCCCCCCCCCCC. The summed E-state index contributed by atoms with van der Waals surface area (Å²) >= 11 is 0. The van der Waals surface area contributed by atoms with Gasteiger partial charge in [-0.2, -0.15) is 0 Å². The summed E-state index contributed by atoms with van der Waals surface area (Å²) in [5.41, 5.74) is 0. The fraction of sp³-hybridized carbons (Fsp3) is 0.788. The summed E-state index contributed by atoms with van der Waals surface area (Å²) in [6.45, 7) is 6.46. The average Bonchev–Trinajstić information content (AvgIpc) is 3.22. The first-order chi connectivity index (χ1) is 28.5. The smallest absolute Gasteiger partial charge is 0.306 e. The summed E-state index contributed by atoms with van der Waals surface area (Å²) in [6.07, 6.45) is 55.4. The molecule has 0 aromatic rings. The largest absolute Gasteiger partial charge is 0.462 e. The van der Waals surface area contributed by atoms with Gasteiger partial charge in [-0.25, -0.2) is 0 Å². The van der Waals surface area contributed by atoms with Crippen LogP contribution in [0.4, 0.5) is 0 Å². The number of ether oxygens (including phenoxy) is 3. The molecule has 0 heterocycles. The summed E-state index contributed by atoms with van der Waals surface area (Å²) in [4.78, 5) is 37.7. The van der Waals surface area contributed by atoms with Crippen LogP contribution in [0.5, 0.6) is 0 Å². The highest BCUT2D eigenvalue weighted by Crippen LogP contribution is 2.15. The van der Waals surface area contributed by atoms with E-state index in [-0.39, 0.29) is 31.1 Å². The van der Waals surface area contributed by atoms with E-state index in [2.05, 4.69) is 69.4 Å². The van der Waals surface area contributed by atoms with Crippen molar-refractivity contribution in [3.05, 3.63) is 48.6 Å². The molecule has 0 saturated heterocycles. The Hall–Kier alpha value is -2.63. The van der Waals surface area contributed by atoms with E-state index in [1.807, 2.05) is 0 Å². The molecule has 0 rings (SSSR count). The minimum atomic E-state index is -0.772. The van der Waals surface area contributed by atoms with Crippen LogP contribution in [-0.4, -0.2) is 37.2 Å². The van der Waals surface area contributed by atoms with Crippen LogP contribution in [0.1, 0.15) is 245 Å². The summed E-state index contributed by atoms with van der Waals surface area (Å²) in [5, 5.41) is 0. The molecule has 0 bridgehead atoms. The van der Waals surface area contributed by atoms with Crippen LogP contribution in [0, 0.1) is 0 Å². The Morgan fingerprint density at radius 1 is 0.362 bits per heavy atom. The van der Waals surface area contributed by atoms with Gasteiger partial charge < -0.3 is 14.2 Å². The fourth-order valence-electron chi connectivity index (χ4n) is 6.90. The Bertz CT molecular complexity index is 1030. The van der Waals surface area contributed by atoms with Gasteiger partial charge in [-0.15, -0.1) is 0 Å². The normalized spacial score (nSPS) is 12.4. The van der Waals surface area contributed by atoms with Gasteiger partial charge in [0.15, 0.2) is 6.10 Å². The molecule has 0 aliphatic heterocycles. The molecular formula is C52H92O6. The topological polar surface area (TPSA) is 78.9 Å². The monoisotopic (exact) mass is 813 g/mol. The number of esters is 3. The average molecular weight is 813 g/mol. The maximum Gasteiger partial charge on any atom is 0.306 e. The van der Waals surface area contributed by atoms with Crippen LogP contribution in [0.15, 0.2) is 48.6 Å². The summed E-state index contributed by atoms with van der Waals surface area (Å²) in [5.74, 6) is -0.894. The molecule has 58 heavy (non-hydrogen) atoms. The van der Waals surface area contributed by atoms with Gasteiger partial charge in [0.25, 0.3) is 0 Å². The molecule has 0 spiro atoms. The second-order valence-corrected chi connectivity index (χ2v) is 16.4. The van der Waals surface area contributed by atoms with Gasteiger partial charge in [-0.3, -0.25) is 14.4 Å². The maximum absolute atomic E-state index is 12.7. The Morgan fingerprint density at radius 3 is 1.05 bits per heavy atom. The molecule has 1 atom stereocenters. The van der Waals surface area contributed by atoms with Crippen molar-refractivity contribution in [3.63, 3.8) is 0 Å². The zero-order valence-corrected chi connectivity index (χ0v) is 38.3. The van der Waals surface area contributed by atoms with Gasteiger partial charge in [0.05, 0.1) is 0 Å². The van der Waals surface area contributed by atoms with E-state index < -0.39 is 6.10 Å². The Balaban J connectivity index is 4.24. The fourth-order valence-corrected chi connectivity index (χ4v) is 6.90. The van der Waals surface area contributed by atoms with Crippen LogP contribution >= 0.6 is 0 Å². The van der Waals surface area contributed by atoms with Crippen molar-refractivity contribution in [3.8, 4) is 0 Å². The standard InChI is InChI=1S/C52H92O6/c1-4-7-10-13-16-18-20-22-24-25-26-27-29-30-32-34-36-39-42-45-51(54)57-48-49(47-56-50(53)44-41-38-15-12-9-6-3)58-52(55)46-43-40-37-35-33-31-28-23-21-19-17-14-11-8-5-2/h7,10,16,18,22,24,26-27,49H,4-6,8-9,11-15,17,19-21,23,25,28-48H2,1-3H3/b10-7-,18-16-,24-22-,27-26-. The molecule has 6 nitrogen and oxygen atoms in total. The van der Waals surface area contributed by atoms with Gasteiger partial charge in [0.2, 0.25) is 0 Å². The van der Waals surface area contributed by atoms with Crippen LogP contribution in [0.3, 0.4) is 0 Å². The highest BCUT2D eigenvalue weighted by Gasteiger charge is 2.19. The molecule has 6 heteroatoms. The van der Waals surface area contributed by atoms with Crippen LogP contribution in [-0.2, 0) is 28.6 Å². The molecule has 0 saturated carbocycles. The van der Waals surface area contributed by atoms with Crippen molar-refractivity contribution >= 4 is 17.9 Å². The van der Waals surface area contributed by atoms with Crippen molar-refractivity contribution in [1.29, 1.82) is 0 Å². The third-order valence-corrected chi connectivity index (χ3v) is 10.6. The highest BCUT2D eigenvalue weighted by atomic mass is 16.6. The maximum atomic E-state index is 12.7. The van der Waals surface area contributed by atoms with Crippen molar-refractivity contribution < 1.29 is 28.6 Å². The molecule has 0 aliphatic carbocycles. The zero-order valence-electron chi connectivity index (χ0n) is 38.3. The number of rotatable bonds is 44. The van der Waals surface area contributed by atoms with E-state index in [1.165, 1.54) is 116 Å². The Morgan fingerprint density at radius 2 is 0.672 bits per heavy atom. The second-order valence-electron chi connectivity index (χ2n) is 16.4. The number of hydrogen-bond donors (Lipinski definition) is 0. The summed E-state index contributed by atoms with van der Waals surface area (Å²) < 4.78 is 16.7. The lowest BCUT2D eigenvalue weighted by atomic mass is 10.0. The second kappa shape index (κ2) is 47.1. The third-order valence-electron chi connectivity index (χ3n) is 10.6. The number of hydrogen-bond acceptors (Lipinski definition) is 6. The van der Waals surface area contributed by atoms with Crippen molar-refractivity contribution in [1.82, 2.24) is 0 Å². The van der Waals surface area contributed by atoms with E-state index in [9.17, 15) is 14.4 Å². The van der Waals surface area contributed by atoms with Gasteiger partial charge in [-0.05, 0) is 57.8 Å². The number of allylic oxidation sites excluding steroid dienone is 8. The first-order valence-corrected chi connectivity index (χ1v) is 24.6. The summed E-state index contributed by atoms with van der Waals surface area (Å²) in [6, 6.07) is 0. The molecular weight excluding hydrogens is 721 g/mol. The number of unbranched alkanes of at least 4 members (excludes halogenated alkanes) is 25. The minimum Gasteiger partial charge on any atom is -0.462 e. The third kappa shape index (κ3) is 44.5. The molecule has 0 aromatic carbocycles. The van der Waals surface area contributed by atoms with Gasteiger partial charge in [-0.1, -0.05) is 217 Å². The van der Waals surface area contributed by atoms with E-state index >= 15 is 0 Å². The molecule has 336 valence electrons. The van der Waals surface area contributed by atoms with Crippen LogP contribution in [0.2, 0.25) is 0 Å². The van der Waals surface area contributed by atoms with E-state index in [0.29, 0.717) is 19.3 Å². The van der Waals surface area contributed by atoms with Gasteiger partial charge in [0.1, 0.15) is 13.2 Å². The van der Waals surface area contributed by atoms with E-state index in [0.717, 1.165) is 89.9 Å². The molecule has 1 unspecified atom stereocenters. The predicted octanol–water partition coefficient (Wildman–Crippen LogP) is 15.9. The van der Waals surface area contributed by atoms with Crippen molar-refractivity contribution in [2.24, 2.45) is 0 Å². The lowest BCUT2D eigenvalue weighted by Crippen LogP contribution is -2.30. The van der Waals surface area contributed by atoms with E-state index in [1.54, 1.807) is 0 Å². The summed E-state index contributed by atoms with van der Waals surface area (Å²) in [7, 11) is 0. The number of carbonyl (C=O) groups excluding carboxylic acids is 3. The Kier molecular flexibility index (Phi) is 44.9. The highest BCUT2D eigenvalue weighted by molar-refractivity contribution is 5.71. The van der Waals surface area contributed by atoms with Crippen molar-refractivity contribution in [2.75, 3.05) is 13.2 Å². The molecule has 0 aliphatic rings. The molecule has 0 fully saturated rings. The quantitative estimate of drug-likeness (QED) is 0.0264. The lowest BCUT2D eigenvalue weighted by Gasteiger charge is -2.18. The van der Waals surface area contributed by atoms with Crippen LogP contribution < -0.4 is 0 Å². The predicted molar refractivity (Wildman–Crippen MR) is 247 cm³/mol. The molecule has 0 radical (unpaired) electrons. The minimum absolute atomic E-state index is 0.0759. The first kappa shape index (κ1) is 55.4. The van der Waals surface area contributed by atoms with Crippen LogP contribution in [0.25, 0.3) is 0 Å². The Labute approximate surface area is 358 Å². The van der Waals surface area contributed by atoms with Gasteiger partial charge >= 0.3 is 17.9 Å². The molecule has 0 aromatic heterocycles. The number of carbonyl (C=O) groups is 3. The van der Waals surface area contributed by atoms with E-state index in [4.69, 9.17) is 14.2 Å².